The van der Waals surface area contributed by atoms with Gasteiger partial charge in [-0.05, 0) is 6.42 Å². The van der Waals surface area contributed by atoms with Crippen molar-refractivity contribution in [2.75, 3.05) is 6.61 Å². The molecule has 0 atom stereocenters. The van der Waals surface area contributed by atoms with Crippen LogP contribution < -0.4 is 0 Å². The lowest BCUT2D eigenvalue weighted by molar-refractivity contribution is 0.275. The summed E-state index contributed by atoms with van der Waals surface area (Å²) in [6, 6.07) is 0. The van der Waals surface area contributed by atoms with Gasteiger partial charge in [0.15, 0.2) is 0 Å². The van der Waals surface area contributed by atoms with E-state index in [1.165, 1.54) is 19.3 Å². The first-order chi connectivity index (χ1) is 4.41. The summed E-state index contributed by atoms with van der Waals surface area (Å²) in [5.41, 5.74) is 0. The Labute approximate surface area is 63.6 Å². The number of hydrogen-bond donors (Lipinski definition) is 1. The van der Waals surface area contributed by atoms with Crippen LogP contribution in [0, 0.1) is 0 Å². The highest BCUT2D eigenvalue weighted by atomic mass is 27.2. The van der Waals surface area contributed by atoms with Gasteiger partial charge in [0.05, 0.1) is 0 Å². The molecule has 0 aliphatic rings. The van der Waals surface area contributed by atoms with E-state index < -0.39 is 15.9 Å². The van der Waals surface area contributed by atoms with Crippen molar-refractivity contribution in [3.63, 3.8) is 0 Å². The van der Waals surface area contributed by atoms with E-state index in [-0.39, 0.29) is 0 Å². The van der Waals surface area contributed by atoms with Gasteiger partial charge < -0.3 is 7.95 Å². The smallest absolute Gasteiger partial charge is 0.496 e. The van der Waals surface area contributed by atoms with Gasteiger partial charge in [-0.15, -0.1) is 0 Å². The van der Waals surface area contributed by atoms with Crippen molar-refractivity contribution < 1.29 is 7.95 Å². The highest BCUT2D eigenvalue weighted by Gasteiger charge is 1.89. The van der Waals surface area contributed by atoms with Gasteiger partial charge in [0, 0.05) is 6.61 Å². The Hall–Kier alpha value is 0.452. The zero-order valence-electron chi connectivity index (χ0n) is 6.10. The maximum absolute atomic E-state index is 8.34. The van der Waals surface area contributed by atoms with Crippen molar-refractivity contribution >= 4 is 15.9 Å². The van der Waals surface area contributed by atoms with Crippen molar-refractivity contribution in [1.82, 2.24) is 0 Å². The van der Waals surface area contributed by atoms with E-state index >= 15 is 0 Å². The van der Waals surface area contributed by atoms with Gasteiger partial charge in [-0.1, -0.05) is 26.2 Å². The molecule has 0 fully saturated rings. The molecule has 0 saturated carbocycles. The quantitative estimate of drug-likeness (QED) is 0.444. The molecule has 9 heavy (non-hydrogen) atoms. The Morgan fingerprint density at radius 3 is 2.67 bits per heavy atom. The van der Waals surface area contributed by atoms with Crippen molar-refractivity contribution in [1.29, 1.82) is 0 Å². The lowest BCUT2D eigenvalue weighted by atomic mass is 10.2. The summed E-state index contributed by atoms with van der Waals surface area (Å²) in [4.78, 5) is 0. The minimum Gasteiger partial charge on any atom is -0.496 e. The molecule has 2 nitrogen and oxygen atoms in total. The Bertz CT molecular complexity index is 44.3. The molecule has 54 valence electrons. The predicted octanol–water partition coefficient (Wildman–Crippen LogP) is 0.842. The Balaban J connectivity index is 2.60. The van der Waals surface area contributed by atoms with E-state index in [9.17, 15) is 0 Å². The minimum atomic E-state index is -1.12. The van der Waals surface area contributed by atoms with E-state index in [0.29, 0.717) is 0 Å². The van der Waals surface area contributed by atoms with Crippen molar-refractivity contribution in [3.05, 3.63) is 0 Å². The summed E-state index contributed by atoms with van der Waals surface area (Å²) < 4.78 is 13.2. The Morgan fingerprint density at radius 1 is 1.33 bits per heavy atom. The first-order valence-corrected chi connectivity index (χ1v) is 4.81. The van der Waals surface area contributed by atoms with Crippen LogP contribution in [0.5, 0.6) is 0 Å². The molecule has 0 aromatic rings. The lowest BCUT2D eigenvalue weighted by Gasteiger charge is -1.97. The Kier molecular flexibility index (Phi) is 8.88. The third-order valence-corrected chi connectivity index (χ3v) is 1.70. The average molecular weight is 146 g/mol. The molecule has 0 heterocycles. The third-order valence-electron chi connectivity index (χ3n) is 1.23. The highest BCUT2D eigenvalue weighted by molar-refractivity contribution is 6.15. The number of hydrogen-bond acceptors (Lipinski definition) is 2. The molecule has 0 unspecified atom stereocenters. The van der Waals surface area contributed by atoms with Crippen molar-refractivity contribution in [2.24, 2.45) is 0 Å². The fourth-order valence-corrected chi connectivity index (χ4v) is 1.03. The van der Waals surface area contributed by atoms with Gasteiger partial charge in [0.25, 0.3) is 0 Å². The van der Waals surface area contributed by atoms with E-state index in [1.54, 1.807) is 0 Å². The van der Waals surface area contributed by atoms with Crippen LogP contribution in [-0.4, -0.2) is 26.7 Å². The lowest BCUT2D eigenvalue weighted by Crippen LogP contribution is -1.98. The fraction of sp³-hybridized carbons (Fsp3) is 1.00. The van der Waals surface area contributed by atoms with Gasteiger partial charge in [-0.2, -0.15) is 0 Å². The zero-order chi connectivity index (χ0) is 6.95. The topological polar surface area (TPSA) is 29.5 Å². The molecule has 0 spiro atoms. The molecule has 3 heteroatoms. The molecule has 0 aromatic carbocycles. The van der Waals surface area contributed by atoms with Crippen LogP contribution in [-0.2, 0) is 3.79 Å². The van der Waals surface area contributed by atoms with Gasteiger partial charge in [-0.3, -0.25) is 0 Å². The molecule has 1 N–H and O–H groups in total. The second-order valence-corrected chi connectivity index (χ2v) is 2.76. The molecule has 0 aliphatic heterocycles. The van der Waals surface area contributed by atoms with Crippen molar-refractivity contribution in [2.45, 2.75) is 32.6 Å². The van der Waals surface area contributed by atoms with Gasteiger partial charge >= 0.3 is 15.9 Å². The summed E-state index contributed by atoms with van der Waals surface area (Å²) in [6.07, 6.45) is 4.90. The summed E-state index contributed by atoms with van der Waals surface area (Å²) >= 11 is -1.12. The van der Waals surface area contributed by atoms with Crippen LogP contribution in [0.1, 0.15) is 32.6 Å². The first-order valence-electron chi connectivity index (χ1n) is 3.60. The number of rotatable bonds is 6. The van der Waals surface area contributed by atoms with Gasteiger partial charge in [0.2, 0.25) is 0 Å². The zero-order valence-corrected chi connectivity index (χ0v) is 7.51. The van der Waals surface area contributed by atoms with Crippen LogP contribution in [0.4, 0.5) is 0 Å². The monoisotopic (exact) mass is 146 g/mol. The SMILES string of the molecule is CCCCCC[O][AlH][OH]. The van der Waals surface area contributed by atoms with Crippen LogP contribution in [0.2, 0.25) is 0 Å². The van der Waals surface area contributed by atoms with Gasteiger partial charge in [0.1, 0.15) is 0 Å². The standard InChI is InChI=1S/C6H13O.Al.H2O.H/c1-2-3-4-5-6-7;;;/h2-6H2,1H3;;1H2;/q-1;+2;;/p-1. The van der Waals surface area contributed by atoms with Crippen LogP contribution in [0.15, 0.2) is 0 Å². The van der Waals surface area contributed by atoms with E-state index in [0.717, 1.165) is 13.0 Å². The van der Waals surface area contributed by atoms with E-state index in [2.05, 4.69) is 6.92 Å². The second kappa shape index (κ2) is 8.45. The third kappa shape index (κ3) is 8.45. The summed E-state index contributed by atoms with van der Waals surface area (Å²) in [6.45, 7) is 2.95. The van der Waals surface area contributed by atoms with E-state index in [4.69, 9.17) is 7.95 Å². The molecular formula is C6H15AlO2. The number of unbranched alkanes of at least 4 members (excludes halogenated alkanes) is 3. The largest absolute Gasteiger partial charge is 0.647 e. The molecule has 0 amide bonds. The first kappa shape index (κ1) is 9.45. The van der Waals surface area contributed by atoms with Crippen molar-refractivity contribution in [3.8, 4) is 0 Å². The van der Waals surface area contributed by atoms with Crippen LogP contribution >= 0.6 is 0 Å². The van der Waals surface area contributed by atoms with Gasteiger partial charge in [-0.25, -0.2) is 0 Å². The minimum absolute atomic E-state index is 0.767. The Morgan fingerprint density at radius 2 is 2.11 bits per heavy atom. The second-order valence-electron chi connectivity index (χ2n) is 2.10. The highest BCUT2D eigenvalue weighted by Crippen LogP contribution is 1.97. The molecule has 0 aliphatic carbocycles. The van der Waals surface area contributed by atoms with Crippen LogP contribution in [0.25, 0.3) is 0 Å². The molecule has 0 rings (SSSR count). The van der Waals surface area contributed by atoms with E-state index in [1.807, 2.05) is 0 Å². The summed E-state index contributed by atoms with van der Waals surface area (Å²) in [5, 5.41) is 0. The summed E-state index contributed by atoms with van der Waals surface area (Å²) in [7, 11) is 0. The predicted molar refractivity (Wildman–Crippen MR) is 39.5 cm³/mol. The molecular weight excluding hydrogens is 131 g/mol. The molecule has 0 aromatic heterocycles. The average Bonchev–Trinajstić information content (AvgIpc) is 1.89. The molecule has 0 saturated heterocycles. The maximum atomic E-state index is 8.34. The molecule has 0 bridgehead atoms. The molecule has 0 radical (unpaired) electrons. The fourth-order valence-electron chi connectivity index (χ4n) is 0.695. The normalized spacial score (nSPS) is 9.56. The van der Waals surface area contributed by atoms with Crippen LogP contribution in [0.3, 0.4) is 0 Å². The maximum Gasteiger partial charge on any atom is 0.647 e. The summed E-state index contributed by atoms with van der Waals surface area (Å²) in [5.74, 6) is 0.